The molecule has 0 saturated carbocycles. The molecule has 0 aromatic carbocycles. The third-order valence-corrected chi connectivity index (χ3v) is 0.586. The molecule has 115 valence electrons. The SMILES string of the molecule is [C-]1=CC=CC1.[CH3-].[CH3-].[CH3-].[CH3-].[CH3-].[CH3-].[CH3-].[CH3-].[CH3-].[CH3-].[Co]. The fraction of sp³-hybridized carbons (Fsp3) is 0.0667. The monoisotopic (exact) mass is 274 g/mol. The summed E-state index contributed by atoms with van der Waals surface area (Å²) in [4.78, 5) is 0. The molecule has 0 bridgehead atoms. The second-order valence-electron chi connectivity index (χ2n) is 1.00. The molecule has 0 saturated heterocycles. The predicted molar refractivity (Wildman–Crippen MR) is 85.7 cm³/mol. The van der Waals surface area contributed by atoms with Crippen LogP contribution in [0.4, 0.5) is 0 Å². The van der Waals surface area contributed by atoms with E-state index in [0.29, 0.717) is 0 Å². The van der Waals surface area contributed by atoms with E-state index in [9.17, 15) is 0 Å². The van der Waals surface area contributed by atoms with E-state index in [0.717, 1.165) is 6.42 Å². The Morgan fingerprint density at radius 1 is 0.625 bits per heavy atom. The van der Waals surface area contributed by atoms with Crippen molar-refractivity contribution in [2.75, 3.05) is 0 Å². The maximum absolute atomic E-state index is 2.99. The molecule has 0 unspecified atom stereocenters. The van der Waals surface area contributed by atoms with Crippen molar-refractivity contribution in [3.8, 4) is 0 Å². The summed E-state index contributed by atoms with van der Waals surface area (Å²) >= 11 is 0. The Bertz CT molecular complexity index is 63.5. The molecule has 1 aliphatic rings. The van der Waals surface area contributed by atoms with E-state index in [2.05, 4.69) is 12.2 Å². The normalized spacial score (nSPS) is 5.50. The van der Waals surface area contributed by atoms with E-state index in [1.807, 2.05) is 12.2 Å². The van der Waals surface area contributed by atoms with Gasteiger partial charge in [-0.3, -0.25) is 6.08 Å². The van der Waals surface area contributed by atoms with E-state index in [-0.39, 0.29) is 91.0 Å². The molecule has 1 heteroatoms. The van der Waals surface area contributed by atoms with Crippen LogP contribution in [-0.2, 0) is 16.8 Å². The maximum atomic E-state index is 2.99. The van der Waals surface area contributed by atoms with Crippen molar-refractivity contribution in [1.29, 1.82) is 0 Å². The van der Waals surface area contributed by atoms with E-state index < -0.39 is 0 Å². The van der Waals surface area contributed by atoms with Gasteiger partial charge in [0.05, 0.1) is 0 Å². The third-order valence-electron chi connectivity index (χ3n) is 0.586. The van der Waals surface area contributed by atoms with Crippen molar-refractivity contribution in [3.05, 3.63) is 98.6 Å². The fourth-order valence-electron chi connectivity index (χ4n) is 0.340. The van der Waals surface area contributed by atoms with Crippen molar-refractivity contribution >= 4 is 0 Å². The molecular weight excluding hydrogens is 239 g/mol. The first-order chi connectivity index (χ1) is 2.50. The van der Waals surface area contributed by atoms with Crippen LogP contribution < -0.4 is 0 Å². The molecule has 0 amide bonds. The minimum atomic E-state index is 0. The minimum Gasteiger partial charge on any atom is -0.358 e. The van der Waals surface area contributed by atoms with Crippen LogP contribution in [0.2, 0.25) is 0 Å². The molecule has 1 radical (unpaired) electrons. The summed E-state index contributed by atoms with van der Waals surface area (Å²) in [6.45, 7) is 0. The van der Waals surface area contributed by atoms with Crippen molar-refractivity contribution in [2.45, 2.75) is 6.42 Å². The number of allylic oxidation sites excluding steroid dienone is 4. The van der Waals surface area contributed by atoms with E-state index in [1.165, 1.54) is 0 Å². The Labute approximate surface area is 122 Å². The Balaban J connectivity index is -0.00000000253. The van der Waals surface area contributed by atoms with Crippen LogP contribution in [0.1, 0.15) is 6.42 Å². The zero-order valence-electron chi connectivity index (χ0n) is 13.3. The summed E-state index contributed by atoms with van der Waals surface area (Å²) in [7, 11) is 0. The van der Waals surface area contributed by atoms with Crippen LogP contribution in [0.15, 0.2) is 18.2 Å². The summed E-state index contributed by atoms with van der Waals surface area (Å²) in [5.41, 5.74) is 0. The number of rotatable bonds is 0. The standard InChI is InChI=1S/C5H5.10CH3.Co/c1-2-4-5-3-1;;;;;;;;;;;/h1-3H,4H2;10*1H3;/q11*-1;. The third kappa shape index (κ3) is 94.9. The van der Waals surface area contributed by atoms with Gasteiger partial charge in [-0.25, -0.2) is 12.2 Å². The summed E-state index contributed by atoms with van der Waals surface area (Å²) in [6.07, 6.45) is 10.0. The van der Waals surface area contributed by atoms with Crippen LogP contribution in [0.25, 0.3) is 0 Å². The van der Waals surface area contributed by atoms with Crippen molar-refractivity contribution < 1.29 is 16.8 Å². The van der Waals surface area contributed by atoms with Crippen LogP contribution in [0.5, 0.6) is 0 Å². The van der Waals surface area contributed by atoms with Gasteiger partial charge in [-0.1, -0.05) is 0 Å². The molecular formula is C15H35Co-11. The van der Waals surface area contributed by atoms with Crippen LogP contribution >= 0.6 is 0 Å². The fourth-order valence-corrected chi connectivity index (χ4v) is 0.340. The molecule has 1 aliphatic carbocycles. The largest absolute Gasteiger partial charge is 0.358 e. The van der Waals surface area contributed by atoms with E-state index in [1.54, 1.807) is 0 Å². The molecule has 0 N–H and O–H groups in total. The Hall–Kier alpha value is -0.0135. The van der Waals surface area contributed by atoms with Crippen LogP contribution in [0, 0.1) is 80.3 Å². The van der Waals surface area contributed by atoms with Crippen LogP contribution in [-0.4, -0.2) is 0 Å². The molecule has 0 fully saturated rings. The molecule has 0 nitrogen and oxygen atoms in total. The van der Waals surface area contributed by atoms with Gasteiger partial charge >= 0.3 is 0 Å². The first-order valence-corrected chi connectivity index (χ1v) is 1.72. The topological polar surface area (TPSA) is 0 Å². The van der Waals surface area contributed by atoms with E-state index >= 15 is 0 Å². The van der Waals surface area contributed by atoms with Gasteiger partial charge < -0.3 is 74.3 Å². The first-order valence-electron chi connectivity index (χ1n) is 1.72. The zero-order valence-corrected chi connectivity index (χ0v) is 14.3. The molecule has 0 aliphatic heterocycles. The Morgan fingerprint density at radius 3 is 1.00 bits per heavy atom. The zero-order chi connectivity index (χ0) is 3.54. The van der Waals surface area contributed by atoms with Gasteiger partial charge in [0.25, 0.3) is 0 Å². The van der Waals surface area contributed by atoms with Gasteiger partial charge in [0.1, 0.15) is 0 Å². The Kier molecular flexibility index (Phi) is 1060. The van der Waals surface area contributed by atoms with Gasteiger partial charge in [0.15, 0.2) is 0 Å². The number of hydrogen-bond donors (Lipinski definition) is 0. The van der Waals surface area contributed by atoms with Gasteiger partial charge in [0.2, 0.25) is 0 Å². The second-order valence-corrected chi connectivity index (χ2v) is 1.00. The molecule has 0 atom stereocenters. The molecule has 0 spiro atoms. The Morgan fingerprint density at radius 2 is 0.938 bits per heavy atom. The van der Waals surface area contributed by atoms with Gasteiger partial charge in [-0.05, 0) is 0 Å². The summed E-state index contributed by atoms with van der Waals surface area (Å²) in [6, 6.07) is 0. The van der Waals surface area contributed by atoms with Crippen molar-refractivity contribution in [3.63, 3.8) is 0 Å². The molecule has 0 aromatic heterocycles. The average molecular weight is 274 g/mol. The first kappa shape index (κ1) is 144. The maximum Gasteiger partial charge on any atom is 0 e. The van der Waals surface area contributed by atoms with Gasteiger partial charge in [0, 0.05) is 16.8 Å². The smallest absolute Gasteiger partial charge is 0 e. The number of hydrogen-bond acceptors (Lipinski definition) is 0. The van der Waals surface area contributed by atoms with Crippen molar-refractivity contribution in [1.82, 2.24) is 0 Å². The summed E-state index contributed by atoms with van der Waals surface area (Å²) in [5, 5.41) is 0. The van der Waals surface area contributed by atoms with Gasteiger partial charge in [-0.2, -0.15) is 6.08 Å². The van der Waals surface area contributed by atoms with Crippen LogP contribution in [0.3, 0.4) is 0 Å². The molecule has 0 aromatic rings. The summed E-state index contributed by atoms with van der Waals surface area (Å²) in [5.74, 6) is 0. The minimum absolute atomic E-state index is 0. The van der Waals surface area contributed by atoms with Gasteiger partial charge in [-0.15, -0.1) is 6.42 Å². The predicted octanol–water partition coefficient (Wildman–Crippen LogP) is 5.81. The molecule has 16 heavy (non-hydrogen) atoms. The molecule has 1 rings (SSSR count). The van der Waals surface area contributed by atoms with Crippen molar-refractivity contribution in [2.24, 2.45) is 0 Å². The summed E-state index contributed by atoms with van der Waals surface area (Å²) < 4.78 is 0. The quantitative estimate of drug-likeness (QED) is 0.489. The second kappa shape index (κ2) is 118. The molecule has 0 heterocycles. The average Bonchev–Trinajstić information content (AvgIpc) is 1.76. The van der Waals surface area contributed by atoms with E-state index in [4.69, 9.17) is 0 Å².